The molecule has 8 bridgehead atoms. The van der Waals surface area contributed by atoms with E-state index in [-0.39, 0.29) is 119 Å². The Morgan fingerprint density at radius 1 is 0.429 bits per heavy atom. The monoisotopic (exact) mass is 1350 g/mol. The summed E-state index contributed by atoms with van der Waals surface area (Å²) >= 11 is 0. The molecule has 0 saturated carbocycles. The van der Waals surface area contributed by atoms with Gasteiger partial charge in [0.05, 0.1) is 22.8 Å². The molecule has 12 heteroatoms. The second kappa shape index (κ2) is 21.2. The van der Waals surface area contributed by atoms with Crippen molar-refractivity contribution in [2.75, 3.05) is 7.11 Å². The Balaban J connectivity index is 0.00000140. The maximum atomic E-state index is 5.42. The average Bonchev–Trinajstić information content (AvgIpc) is 4.01. The topological polar surface area (TPSA) is 70.5 Å². The minimum Gasteiger partial charge on any atom is -0.355 e. The minimum absolute atomic E-state index is 0. The molecule has 0 atom stereocenters. The number of H-pyrrole nitrogens is 2. The molecule has 7 aromatic rings. The van der Waals surface area contributed by atoms with Crippen LogP contribution in [0.4, 0.5) is 0 Å². The summed E-state index contributed by atoms with van der Waals surface area (Å²) in [6, 6.07) is 46.2. The van der Waals surface area contributed by atoms with Gasteiger partial charge >= 0.3 is 0 Å². The number of hydrogen-bond acceptors (Lipinski definition) is 3. The van der Waals surface area contributed by atoms with Crippen molar-refractivity contribution in [2.45, 2.75) is 0 Å². The van der Waals surface area contributed by atoms with Crippen molar-refractivity contribution < 1.29 is 128 Å². The van der Waals surface area contributed by atoms with Gasteiger partial charge in [0.2, 0.25) is 12.4 Å². The number of aromatic nitrogens is 5. The molecule has 56 heavy (non-hydrogen) atoms. The van der Waals surface area contributed by atoms with Crippen LogP contribution >= 0.6 is 0 Å². The number of aromatic amines is 2. The number of fused-ring (bicyclic) bond motifs is 8. The Hall–Kier alpha value is -2.97. The molecule has 0 saturated heterocycles. The van der Waals surface area contributed by atoms with Crippen LogP contribution in [0.1, 0.15) is 22.8 Å². The summed E-state index contributed by atoms with van der Waals surface area (Å²) in [5, 5.41) is 0. The van der Waals surface area contributed by atoms with Crippen LogP contribution in [-0.2, 0) is 119 Å². The van der Waals surface area contributed by atoms with Gasteiger partial charge in [-0.1, -0.05) is 0 Å². The molecule has 2 aliphatic heterocycles. The van der Waals surface area contributed by atoms with Crippen molar-refractivity contribution >= 4 is 46.4 Å². The molecule has 2 N–H and O–H groups in total. The quantitative estimate of drug-likeness (QED) is 0.134. The molecule has 0 fully saturated rings. The summed E-state index contributed by atoms with van der Waals surface area (Å²) in [6.45, 7) is 0. The van der Waals surface area contributed by atoms with Gasteiger partial charge in [-0.2, -0.15) is 91.0 Å². The van der Waals surface area contributed by atoms with Crippen LogP contribution in [0.25, 0.3) is 90.9 Å². The van der Waals surface area contributed by atoms with E-state index in [4.69, 9.17) is 14.8 Å². The maximum absolute atomic E-state index is 5.42. The van der Waals surface area contributed by atoms with Crippen molar-refractivity contribution in [3.05, 3.63) is 163 Å². The van der Waals surface area contributed by atoms with E-state index in [1.54, 1.807) is 11.8 Å². The number of benzene rings is 3. The zero-order chi connectivity index (χ0) is 33.4. The molecule has 0 aliphatic carbocycles. The fraction of sp³-hybridized carbons (Fsp3) is 0.0227. The Labute approximate surface area is 404 Å². The molecule has 9 rings (SSSR count). The number of nitrogens with zero attached hydrogens (tertiary/aromatic N) is 3. The Kier molecular flexibility index (Phi) is 17.9. The third-order valence-electron chi connectivity index (χ3n) is 9.08. The molecule has 0 amide bonds. The fourth-order valence-electron chi connectivity index (χ4n) is 6.78. The number of nitrogens with one attached hydrogen (secondary N) is 2. The van der Waals surface area contributed by atoms with Crippen molar-refractivity contribution in [3.8, 4) is 44.5 Å². The first-order valence-electron chi connectivity index (χ1n) is 16.4. The summed E-state index contributed by atoms with van der Waals surface area (Å²) in [7, 11) is 1.65. The molecule has 3 radical (unpaired) electrons. The summed E-state index contributed by atoms with van der Waals surface area (Å²) in [5.74, 6) is 0. The van der Waals surface area contributed by atoms with Gasteiger partial charge in [0.15, 0.2) is 0 Å². The largest absolute Gasteiger partial charge is 0.355 e. The standard InChI is InChI=1S/C44H28N5O.3V.3W/c1-50-49-27-25-32(26-28-49)44-39-23-21-37(47-39)42(30-13-7-3-8-14-30)35-19-17-33(45-35)41(29-11-5-2-6-12-29)34-18-20-36(46-34)43(31-15-9-4-10-16-31)38-22-24-40(44)48-38;;;;;;/h5-28H,1H3,(H,45,46,47,48);;;;;;/q-3;;;;;;/p+1. The second-order valence-corrected chi connectivity index (χ2v) is 12.0. The smallest absolute Gasteiger partial charge is 0.223 e. The third-order valence-corrected chi connectivity index (χ3v) is 9.08. The summed E-state index contributed by atoms with van der Waals surface area (Å²) in [4.78, 5) is 23.6. The normalized spacial score (nSPS) is 10.7. The van der Waals surface area contributed by atoms with Gasteiger partial charge in [-0.25, -0.2) is 9.97 Å². The minimum atomic E-state index is 0. The van der Waals surface area contributed by atoms with E-state index < -0.39 is 0 Å². The van der Waals surface area contributed by atoms with E-state index in [9.17, 15) is 0 Å². The van der Waals surface area contributed by atoms with Crippen LogP contribution in [0, 0.1) is 18.2 Å². The number of hydrogen-bond donors (Lipinski definition) is 2. The zero-order valence-electron chi connectivity index (χ0n) is 29.7. The van der Waals surface area contributed by atoms with Crippen molar-refractivity contribution in [1.82, 2.24) is 19.9 Å². The first-order chi connectivity index (χ1) is 24.7. The fourth-order valence-corrected chi connectivity index (χ4v) is 6.78. The van der Waals surface area contributed by atoms with E-state index in [0.29, 0.717) is 0 Å². The van der Waals surface area contributed by atoms with E-state index in [2.05, 4.69) is 113 Å². The number of pyridine rings is 1. The predicted molar refractivity (Wildman–Crippen MR) is 200 cm³/mol. The molecule has 0 unspecified atom stereocenters. The first kappa shape index (κ1) is 47.4. The van der Waals surface area contributed by atoms with Crippen molar-refractivity contribution in [3.63, 3.8) is 0 Å². The van der Waals surface area contributed by atoms with Gasteiger partial charge in [0, 0.05) is 180 Å². The molecule has 271 valence electrons. The molecule has 4 aromatic heterocycles. The van der Waals surface area contributed by atoms with E-state index >= 15 is 0 Å². The maximum Gasteiger partial charge on any atom is 0.223 e. The first-order valence-corrected chi connectivity index (χ1v) is 16.4. The van der Waals surface area contributed by atoms with E-state index in [1.165, 1.54) is 0 Å². The van der Waals surface area contributed by atoms with Gasteiger partial charge in [0.25, 0.3) is 0 Å². The molecule has 0 spiro atoms. The average molecular weight is 1350 g/mol. The predicted octanol–water partition coefficient (Wildman–Crippen LogP) is 9.06. The molecule has 6 heterocycles. The molecular weight excluding hydrogens is 1320 g/mol. The van der Waals surface area contributed by atoms with Gasteiger partial charge in [-0.3, -0.25) is 4.84 Å². The molecule has 6 nitrogen and oxygen atoms in total. The molecule has 3 aromatic carbocycles. The zero-order valence-corrected chi connectivity index (χ0v) is 42.7. The Morgan fingerprint density at radius 3 is 0.964 bits per heavy atom. The van der Waals surface area contributed by atoms with Crippen molar-refractivity contribution in [1.29, 1.82) is 0 Å². The van der Waals surface area contributed by atoms with E-state index in [1.807, 2.05) is 60.9 Å². The van der Waals surface area contributed by atoms with Crippen LogP contribution in [0.5, 0.6) is 0 Å². The Bertz CT molecular complexity index is 2600. The van der Waals surface area contributed by atoms with Gasteiger partial charge in [-0.15, -0.1) is 16.7 Å². The summed E-state index contributed by atoms with van der Waals surface area (Å²) in [5.41, 5.74) is 15.3. The van der Waals surface area contributed by atoms with Crippen molar-refractivity contribution in [2.24, 2.45) is 0 Å². The summed E-state index contributed by atoms with van der Waals surface area (Å²) in [6.07, 6.45) is 12.2. The van der Waals surface area contributed by atoms with E-state index in [0.717, 1.165) is 89.4 Å². The van der Waals surface area contributed by atoms with Crippen LogP contribution in [-0.4, -0.2) is 27.0 Å². The van der Waals surface area contributed by atoms with Crippen LogP contribution in [0.3, 0.4) is 0 Å². The SMILES string of the molecule is CO[n+]1ccc(-c2c3nc(c(-c4cc[c-]cc4)c4ccc([nH]4)c(-c4cc[c-]cc4)c4nc(c(-c5cc[c-]cc5)c5ccc2[nH]5)C=C4)C=C3)cc1.[V].[V].[V].[W].[W].[W]. The van der Waals surface area contributed by atoms with Crippen LogP contribution in [0.2, 0.25) is 0 Å². The molecular formula is C44H29N5OV3W3-2. The van der Waals surface area contributed by atoms with Crippen LogP contribution in [0.15, 0.2) is 122 Å². The Morgan fingerprint density at radius 2 is 0.696 bits per heavy atom. The second-order valence-electron chi connectivity index (χ2n) is 12.0. The summed E-state index contributed by atoms with van der Waals surface area (Å²) < 4.78 is 1.67. The van der Waals surface area contributed by atoms with Crippen LogP contribution < -0.4 is 9.57 Å². The molecule has 2 aliphatic rings. The van der Waals surface area contributed by atoms with Gasteiger partial charge in [-0.05, 0) is 54.1 Å². The number of rotatable bonds is 5. The third kappa shape index (κ3) is 9.33. The van der Waals surface area contributed by atoms with Gasteiger partial charge in [0.1, 0.15) is 7.11 Å². The van der Waals surface area contributed by atoms with Gasteiger partial charge < -0.3 is 9.97 Å².